The Kier molecular flexibility index (Phi) is 4.20. The number of aliphatic hydroxyl groups is 1. The van der Waals surface area contributed by atoms with Crippen molar-refractivity contribution in [1.82, 2.24) is 0 Å². The van der Waals surface area contributed by atoms with Crippen LogP contribution in [0.15, 0.2) is 18.2 Å². The highest BCUT2D eigenvalue weighted by Crippen LogP contribution is 2.29. The predicted octanol–water partition coefficient (Wildman–Crippen LogP) is 2.26. The normalized spacial score (nSPS) is 23.7. The van der Waals surface area contributed by atoms with Crippen molar-refractivity contribution >= 4 is 11.4 Å². The molecule has 4 heteroatoms. The quantitative estimate of drug-likeness (QED) is 0.822. The maximum absolute atomic E-state index is 9.79. The molecular formula is C15H24N2O2. The number of aliphatic hydroxyl groups excluding tert-OH is 1. The fourth-order valence-electron chi connectivity index (χ4n) is 2.50. The van der Waals surface area contributed by atoms with Gasteiger partial charge in [0, 0.05) is 36.6 Å². The van der Waals surface area contributed by atoms with Crippen LogP contribution in [0.25, 0.3) is 0 Å². The molecule has 1 aromatic carbocycles. The Morgan fingerprint density at radius 2 is 2.11 bits per heavy atom. The van der Waals surface area contributed by atoms with Gasteiger partial charge in [-0.1, -0.05) is 6.92 Å². The molecule has 1 aliphatic heterocycles. The Balaban J connectivity index is 2.17. The summed E-state index contributed by atoms with van der Waals surface area (Å²) >= 11 is 0. The predicted molar refractivity (Wildman–Crippen MR) is 78.6 cm³/mol. The van der Waals surface area contributed by atoms with Gasteiger partial charge in [-0.25, -0.2) is 0 Å². The van der Waals surface area contributed by atoms with Gasteiger partial charge in [-0.05, 0) is 32.3 Å². The van der Waals surface area contributed by atoms with Crippen molar-refractivity contribution in [2.75, 3.05) is 23.7 Å². The first-order chi connectivity index (χ1) is 8.95. The van der Waals surface area contributed by atoms with Crippen LogP contribution in [-0.4, -0.2) is 30.4 Å². The van der Waals surface area contributed by atoms with Crippen LogP contribution in [-0.2, 0) is 0 Å². The Bertz CT molecular complexity index is 434. The monoisotopic (exact) mass is 264 g/mol. The number of piperidine rings is 1. The molecule has 0 aromatic heterocycles. The summed E-state index contributed by atoms with van der Waals surface area (Å²) in [6.45, 7) is 7.79. The highest BCUT2D eigenvalue weighted by Gasteiger charge is 2.24. The highest BCUT2D eigenvalue weighted by atomic mass is 16.5. The van der Waals surface area contributed by atoms with Crippen molar-refractivity contribution in [2.24, 2.45) is 5.92 Å². The van der Waals surface area contributed by atoms with Gasteiger partial charge in [-0.15, -0.1) is 0 Å². The average molecular weight is 264 g/mol. The molecule has 1 heterocycles. The van der Waals surface area contributed by atoms with E-state index < -0.39 is 0 Å². The number of benzene rings is 1. The summed E-state index contributed by atoms with van der Waals surface area (Å²) in [5.74, 6) is 1.09. The third-order valence-electron chi connectivity index (χ3n) is 3.51. The standard InChI is InChI=1S/C15H24N2O2/c1-10(2)19-14-7-12(16)6-13(8-14)17-5-4-15(18)11(3)9-17/h6-8,10-11,15,18H,4-5,9,16H2,1-3H3. The van der Waals surface area contributed by atoms with E-state index in [1.165, 1.54) is 0 Å². The molecule has 1 fully saturated rings. The van der Waals surface area contributed by atoms with Gasteiger partial charge in [0.25, 0.3) is 0 Å². The van der Waals surface area contributed by atoms with Crippen molar-refractivity contribution in [2.45, 2.75) is 39.4 Å². The number of nitrogens with zero attached hydrogens (tertiary/aromatic N) is 1. The maximum Gasteiger partial charge on any atom is 0.123 e. The second-order valence-corrected chi connectivity index (χ2v) is 5.71. The van der Waals surface area contributed by atoms with E-state index in [2.05, 4.69) is 11.8 Å². The molecule has 0 amide bonds. The van der Waals surface area contributed by atoms with Crippen LogP contribution in [0.3, 0.4) is 0 Å². The van der Waals surface area contributed by atoms with Crippen LogP contribution in [0.2, 0.25) is 0 Å². The van der Waals surface area contributed by atoms with Crippen molar-refractivity contribution in [1.29, 1.82) is 0 Å². The van der Waals surface area contributed by atoms with Crippen LogP contribution in [0, 0.1) is 5.92 Å². The molecule has 4 nitrogen and oxygen atoms in total. The number of hydrogen-bond donors (Lipinski definition) is 2. The Labute approximate surface area is 115 Å². The van der Waals surface area contributed by atoms with Crippen LogP contribution >= 0.6 is 0 Å². The fourth-order valence-corrected chi connectivity index (χ4v) is 2.50. The molecule has 2 rings (SSSR count). The van der Waals surface area contributed by atoms with E-state index in [1.54, 1.807) is 0 Å². The Morgan fingerprint density at radius 3 is 2.74 bits per heavy atom. The fraction of sp³-hybridized carbons (Fsp3) is 0.600. The van der Waals surface area contributed by atoms with Gasteiger partial charge in [0.15, 0.2) is 0 Å². The van der Waals surface area contributed by atoms with Crippen molar-refractivity contribution in [3.8, 4) is 5.75 Å². The summed E-state index contributed by atoms with van der Waals surface area (Å²) in [5.41, 5.74) is 7.74. The Hall–Kier alpha value is -1.42. The van der Waals surface area contributed by atoms with Gasteiger partial charge in [-0.2, -0.15) is 0 Å². The minimum Gasteiger partial charge on any atom is -0.491 e. The lowest BCUT2D eigenvalue weighted by Crippen LogP contribution is -2.42. The minimum absolute atomic E-state index is 0.136. The van der Waals surface area contributed by atoms with Crippen LogP contribution in [0.4, 0.5) is 11.4 Å². The summed E-state index contributed by atoms with van der Waals surface area (Å²) < 4.78 is 5.72. The lowest BCUT2D eigenvalue weighted by Gasteiger charge is -2.36. The summed E-state index contributed by atoms with van der Waals surface area (Å²) in [5, 5.41) is 9.79. The molecular weight excluding hydrogens is 240 g/mol. The van der Waals surface area contributed by atoms with Crippen LogP contribution < -0.4 is 15.4 Å². The third kappa shape index (κ3) is 3.53. The number of hydrogen-bond acceptors (Lipinski definition) is 4. The van der Waals surface area contributed by atoms with E-state index in [-0.39, 0.29) is 18.1 Å². The van der Waals surface area contributed by atoms with E-state index in [0.29, 0.717) is 5.69 Å². The van der Waals surface area contributed by atoms with Gasteiger partial charge in [0.1, 0.15) is 5.75 Å². The molecule has 3 N–H and O–H groups in total. The first-order valence-electron chi connectivity index (χ1n) is 6.96. The molecule has 2 atom stereocenters. The zero-order valence-electron chi connectivity index (χ0n) is 12.0. The van der Waals surface area contributed by atoms with Crippen molar-refractivity contribution < 1.29 is 9.84 Å². The largest absolute Gasteiger partial charge is 0.491 e. The van der Waals surface area contributed by atoms with Gasteiger partial charge in [-0.3, -0.25) is 0 Å². The van der Waals surface area contributed by atoms with Crippen LogP contribution in [0.5, 0.6) is 5.75 Å². The lowest BCUT2D eigenvalue weighted by atomic mass is 9.96. The SMILES string of the molecule is CC(C)Oc1cc(N)cc(N2CCC(O)C(C)C2)c1. The summed E-state index contributed by atoms with van der Waals surface area (Å²) in [6, 6.07) is 5.85. The van der Waals surface area contributed by atoms with Gasteiger partial charge in [0.05, 0.1) is 12.2 Å². The van der Waals surface area contributed by atoms with E-state index in [4.69, 9.17) is 10.5 Å². The molecule has 1 aromatic rings. The van der Waals surface area contributed by atoms with Gasteiger partial charge < -0.3 is 20.5 Å². The topological polar surface area (TPSA) is 58.7 Å². The molecule has 1 saturated heterocycles. The zero-order chi connectivity index (χ0) is 14.0. The third-order valence-corrected chi connectivity index (χ3v) is 3.51. The number of ether oxygens (including phenoxy) is 1. The minimum atomic E-state index is -0.191. The lowest BCUT2D eigenvalue weighted by molar-refractivity contribution is 0.0971. The maximum atomic E-state index is 9.79. The summed E-state index contributed by atoms with van der Waals surface area (Å²) in [6.07, 6.45) is 0.747. The molecule has 0 aliphatic carbocycles. The van der Waals surface area contributed by atoms with Crippen LogP contribution in [0.1, 0.15) is 27.2 Å². The van der Waals surface area contributed by atoms with E-state index >= 15 is 0 Å². The van der Waals surface area contributed by atoms with E-state index in [1.807, 2.05) is 32.0 Å². The summed E-state index contributed by atoms with van der Waals surface area (Å²) in [4.78, 5) is 2.26. The van der Waals surface area contributed by atoms with Gasteiger partial charge in [0.2, 0.25) is 0 Å². The molecule has 0 spiro atoms. The molecule has 2 unspecified atom stereocenters. The number of nitrogens with two attached hydrogens (primary N) is 1. The van der Waals surface area contributed by atoms with Crippen molar-refractivity contribution in [3.63, 3.8) is 0 Å². The zero-order valence-corrected chi connectivity index (χ0v) is 12.0. The second kappa shape index (κ2) is 5.70. The average Bonchev–Trinajstić information content (AvgIpc) is 2.31. The number of anilines is 2. The molecule has 0 bridgehead atoms. The number of nitrogen functional groups attached to an aromatic ring is 1. The smallest absolute Gasteiger partial charge is 0.123 e. The van der Waals surface area contributed by atoms with Gasteiger partial charge >= 0.3 is 0 Å². The first kappa shape index (κ1) is 14.0. The summed E-state index contributed by atoms with van der Waals surface area (Å²) in [7, 11) is 0. The second-order valence-electron chi connectivity index (χ2n) is 5.71. The molecule has 0 radical (unpaired) electrons. The Morgan fingerprint density at radius 1 is 1.37 bits per heavy atom. The highest BCUT2D eigenvalue weighted by molar-refractivity contribution is 5.60. The molecule has 19 heavy (non-hydrogen) atoms. The molecule has 0 saturated carbocycles. The van der Waals surface area contributed by atoms with E-state index in [9.17, 15) is 5.11 Å². The van der Waals surface area contributed by atoms with Crippen molar-refractivity contribution in [3.05, 3.63) is 18.2 Å². The molecule has 1 aliphatic rings. The first-order valence-corrected chi connectivity index (χ1v) is 6.96. The number of rotatable bonds is 3. The molecule has 106 valence electrons. The van der Waals surface area contributed by atoms with E-state index in [0.717, 1.165) is 30.9 Å².